The molecule has 0 aromatic carbocycles. The molecule has 4 aliphatic rings. The van der Waals surface area contributed by atoms with Crippen LogP contribution in [0.3, 0.4) is 0 Å². The molecule has 29 heavy (non-hydrogen) atoms. The molecule has 4 bridgehead atoms. The summed E-state index contributed by atoms with van der Waals surface area (Å²) in [4.78, 5) is 33.8. The van der Waals surface area contributed by atoms with Crippen LogP contribution in [-0.2, 0) is 0 Å². The maximum absolute atomic E-state index is 12.8. The van der Waals surface area contributed by atoms with E-state index in [-0.39, 0.29) is 22.9 Å². The van der Waals surface area contributed by atoms with Crippen LogP contribution in [-0.4, -0.2) is 33.0 Å². The van der Waals surface area contributed by atoms with Gasteiger partial charge in [0, 0.05) is 28.7 Å². The van der Waals surface area contributed by atoms with Gasteiger partial charge in [0.2, 0.25) is 5.88 Å². The van der Waals surface area contributed by atoms with Crippen LogP contribution in [0.5, 0.6) is 5.88 Å². The van der Waals surface area contributed by atoms with Gasteiger partial charge in [-0.25, -0.2) is 14.8 Å². The Morgan fingerprint density at radius 2 is 1.86 bits per heavy atom. The average molecular weight is 413 g/mol. The zero-order valence-corrected chi connectivity index (χ0v) is 17.1. The summed E-state index contributed by atoms with van der Waals surface area (Å²) in [6.07, 6.45) is 6.85. The van der Waals surface area contributed by atoms with E-state index in [2.05, 4.69) is 20.6 Å². The van der Waals surface area contributed by atoms with E-state index in [0.29, 0.717) is 17.5 Å². The molecule has 6 rings (SSSR count). The van der Waals surface area contributed by atoms with E-state index in [0.717, 1.165) is 37.1 Å². The maximum atomic E-state index is 12.8. The molecule has 0 spiro atoms. The number of hydrogen-bond acceptors (Lipinski definition) is 6. The number of thiazole rings is 1. The van der Waals surface area contributed by atoms with E-state index in [9.17, 15) is 9.59 Å². The molecule has 0 aliphatic heterocycles. The Kier molecular flexibility index (Phi) is 4.34. The van der Waals surface area contributed by atoms with E-state index in [1.807, 2.05) is 12.3 Å². The highest BCUT2D eigenvalue weighted by molar-refractivity contribution is 7.09. The SMILES string of the molecule is Cc1nc(C(=O)NC23CC4CC(CC(NC(=O)Oc5ccccn5)(C4)C2)C3)cs1. The summed E-state index contributed by atoms with van der Waals surface area (Å²) in [5.41, 5.74) is -0.127. The van der Waals surface area contributed by atoms with Gasteiger partial charge in [0.25, 0.3) is 5.91 Å². The van der Waals surface area contributed by atoms with Gasteiger partial charge in [-0.2, -0.15) is 0 Å². The number of hydrogen-bond donors (Lipinski definition) is 2. The zero-order chi connectivity index (χ0) is 20.1. The summed E-state index contributed by atoms with van der Waals surface area (Å²) in [5.74, 6) is 1.19. The van der Waals surface area contributed by atoms with Crippen molar-refractivity contribution >= 4 is 23.3 Å². The number of aromatic nitrogens is 2. The Balaban J connectivity index is 1.32. The van der Waals surface area contributed by atoms with Gasteiger partial charge in [0.15, 0.2) is 0 Å². The van der Waals surface area contributed by atoms with Crippen molar-refractivity contribution in [3.63, 3.8) is 0 Å². The quantitative estimate of drug-likeness (QED) is 0.802. The summed E-state index contributed by atoms with van der Waals surface area (Å²) >= 11 is 1.48. The molecule has 2 heterocycles. The molecule has 2 amide bonds. The predicted molar refractivity (Wildman–Crippen MR) is 108 cm³/mol. The van der Waals surface area contributed by atoms with Crippen LogP contribution in [0.25, 0.3) is 0 Å². The fraction of sp³-hybridized carbons (Fsp3) is 0.524. The van der Waals surface area contributed by atoms with Crippen molar-refractivity contribution in [3.8, 4) is 5.88 Å². The lowest BCUT2D eigenvalue weighted by Crippen LogP contribution is -2.70. The number of carbonyl (C=O) groups excluding carboxylic acids is 2. The normalized spacial score (nSPS) is 32.0. The minimum atomic E-state index is -0.470. The van der Waals surface area contributed by atoms with Gasteiger partial charge in [-0.15, -0.1) is 11.3 Å². The van der Waals surface area contributed by atoms with Crippen LogP contribution in [0.2, 0.25) is 0 Å². The molecule has 2 atom stereocenters. The number of pyridine rings is 1. The number of carbonyl (C=O) groups is 2. The van der Waals surface area contributed by atoms with Crippen molar-refractivity contribution in [2.45, 2.75) is 56.5 Å². The first-order chi connectivity index (χ1) is 13.9. The molecule has 0 radical (unpaired) electrons. The third-order valence-corrected chi connectivity index (χ3v) is 7.27. The van der Waals surface area contributed by atoms with E-state index in [1.165, 1.54) is 17.8 Å². The summed E-state index contributed by atoms with van der Waals surface area (Å²) in [6.45, 7) is 1.90. The Bertz CT molecular complexity index is 930. The number of nitrogens with one attached hydrogen (secondary N) is 2. The van der Waals surface area contributed by atoms with Crippen molar-refractivity contribution in [2.75, 3.05) is 0 Å². The molecule has 4 aliphatic carbocycles. The summed E-state index contributed by atoms with van der Waals surface area (Å²) < 4.78 is 5.38. The highest BCUT2D eigenvalue weighted by atomic mass is 32.1. The second kappa shape index (κ2) is 6.79. The molecule has 152 valence electrons. The monoisotopic (exact) mass is 412 g/mol. The Hall–Kier alpha value is -2.48. The van der Waals surface area contributed by atoms with Crippen molar-refractivity contribution in [2.24, 2.45) is 11.8 Å². The molecule has 2 aromatic heterocycles. The zero-order valence-electron chi connectivity index (χ0n) is 16.3. The standard InChI is InChI=1S/C21H24N4O3S/c1-13-23-16(11-29-13)18(26)24-20-7-14-6-15(8-20)10-21(9-14,12-20)25-19(27)28-17-4-2-3-5-22-17/h2-5,11,14-15H,6-10,12H2,1H3,(H,24,26)(H,25,27). The van der Waals surface area contributed by atoms with Crippen LogP contribution < -0.4 is 15.4 Å². The van der Waals surface area contributed by atoms with E-state index in [1.54, 1.807) is 24.4 Å². The first-order valence-electron chi connectivity index (χ1n) is 10.1. The lowest BCUT2D eigenvalue weighted by molar-refractivity contribution is -0.0450. The van der Waals surface area contributed by atoms with Gasteiger partial charge in [-0.1, -0.05) is 6.07 Å². The molecule has 8 heteroatoms. The van der Waals surface area contributed by atoms with Crippen LogP contribution >= 0.6 is 11.3 Å². The second-order valence-corrected chi connectivity index (χ2v) is 9.97. The van der Waals surface area contributed by atoms with Crippen molar-refractivity contribution in [3.05, 3.63) is 40.5 Å². The second-order valence-electron chi connectivity index (χ2n) is 8.91. The molecule has 7 nitrogen and oxygen atoms in total. The summed E-state index contributed by atoms with van der Waals surface area (Å²) in [7, 11) is 0. The highest BCUT2D eigenvalue weighted by Gasteiger charge is 2.59. The van der Waals surface area contributed by atoms with Crippen LogP contribution in [0.15, 0.2) is 29.8 Å². The number of amides is 2. The van der Waals surface area contributed by atoms with Gasteiger partial charge in [0.05, 0.1) is 5.01 Å². The highest BCUT2D eigenvalue weighted by Crippen LogP contribution is 2.57. The predicted octanol–water partition coefficient (Wildman–Crippen LogP) is 3.46. The van der Waals surface area contributed by atoms with E-state index >= 15 is 0 Å². The van der Waals surface area contributed by atoms with Gasteiger partial charge >= 0.3 is 6.09 Å². The first-order valence-corrected chi connectivity index (χ1v) is 11.0. The van der Waals surface area contributed by atoms with E-state index in [4.69, 9.17) is 4.74 Å². The lowest BCUT2D eigenvalue weighted by atomic mass is 9.50. The molecule has 2 unspecified atom stereocenters. The molecule has 4 fully saturated rings. The Morgan fingerprint density at radius 3 is 2.48 bits per heavy atom. The lowest BCUT2D eigenvalue weighted by Gasteiger charge is -2.61. The van der Waals surface area contributed by atoms with Crippen LogP contribution in [0.1, 0.15) is 54.0 Å². The van der Waals surface area contributed by atoms with Gasteiger partial charge in [-0.05, 0) is 63.4 Å². The van der Waals surface area contributed by atoms with Crippen molar-refractivity contribution < 1.29 is 14.3 Å². The van der Waals surface area contributed by atoms with Gasteiger partial charge < -0.3 is 15.4 Å². The van der Waals surface area contributed by atoms with Crippen molar-refractivity contribution in [1.29, 1.82) is 0 Å². The minimum absolute atomic E-state index is 0.109. The Labute approximate surface area is 173 Å². The summed E-state index contributed by atoms with van der Waals surface area (Å²) in [6, 6.07) is 5.22. The minimum Gasteiger partial charge on any atom is -0.391 e. The Morgan fingerprint density at radius 1 is 1.14 bits per heavy atom. The number of nitrogens with zero attached hydrogens (tertiary/aromatic N) is 2. The smallest absolute Gasteiger partial charge is 0.391 e. The maximum Gasteiger partial charge on any atom is 0.414 e. The molecular formula is C21H24N4O3S. The molecule has 2 aromatic rings. The summed E-state index contributed by atoms with van der Waals surface area (Å²) in [5, 5.41) is 9.15. The average Bonchev–Trinajstić information content (AvgIpc) is 3.07. The molecule has 4 saturated carbocycles. The first kappa shape index (κ1) is 18.5. The number of ether oxygens (including phenoxy) is 1. The van der Waals surface area contributed by atoms with E-state index < -0.39 is 6.09 Å². The largest absolute Gasteiger partial charge is 0.414 e. The van der Waals surface area contributed by atoms with Gasteiger partial charge in [0.1, 0.15) is 5.69 Å². The fourth-order valence-electron chi connectivity index (χ4n) is 6.07. The topological polar surface area (TPSA) is 93.2 Å². The van der Waals surface area contributed by atoms with Crippen molar-refractivity contribution in [1.82, 2.24) is 20.6 Å². The third-order valence-electron chi connectivity index (χ3n) is 6.49. The number of rotatable bonds is 4. The van der Waals surface area contributed by atoms with Crippen LogP contribution in [0.4, 0.5) is 4.79 Å². The van der Waals surface area contributed by atoms with Gasteiger partial charge in [-0.3, -0.25) is 4.79 Å². The molecule has 2 N–H and O–H groups in total. The third kappa shape index (κ3) is 3.61. The molecular weight excluding hydrogens is 388 g/mol. The number of aryl methyl sites for hydroxylation is 1. The van der Waals surface area contributed by atoms with Crippen LogP contribution in [0, 0.1) is 18.8 Å². The fourth-order valence-corrected chi connectivity index (χ4v) is 6.67. The molecule has 0 saturated heterocycles.